The largest absolute Gasteiger partial charge is 0.298 e. The van der Waals surface area contributed by atoms with E-state index in [1.54, 1.807) is 0 Å². The molecule has 0 saturated heterocycles. The third kappa shape index (κ3) is 7.27. The summed E-state index contributed by atoms with van der Waals surface area (Å²) in [6.07, 6.45) is 15.5. The first-order chi connectivity index (χ1) is 10.0. The summed E-state index contributed by atoms with van der Waals surface area (Å²) in [6, 6.07) is 0. The van der Waals surface area contributed by atoms with Crippen molar-refractivity contribution in [3.8, 4) is 0 Å². The lowest BCUT2D eigenvalue weighted by Gasteiger charge is -2.15. The fourth-order valence-electron chi connectivity index (χ4n) is 2.69. The number of aldehydes is 1. The molecule has 1 heteroatoms. The van der Waals surface area contributed by atoms with Crippen LogP contribution in [0.4, 0.5) is 0 Å². The van der Waals surface area contributed by atoms with E-state index < -0.39 is 0 Å². The lowest BCUT2D eigenvalue weighted by atomic mass is 9.89. The molecule has 0 heterocycles. The lowest BCUT2D eigenvalue weighted by molar-refractivity contribution is -0.105. The number of carbonyl (C=O) groups is 1. The molecule has 0 amide bonds. The number of hydrogen-bond donors (Lipinski definition) is 0. The van der Waals surface area contributed by atoms with Crippen molar-refractivity contribution in [1.29, 1.82) is 0 Å². The summed E-state index contributed by atoms with van der Waals surface area (Å²) < 4.78 is 0. The van der Waals surface area contributed by atoms with Gasteiger partial charge in [0.1, 0.15) is 6.29 Å². The number of carbonyl (C=O) groups excluding carboxylic acids is 1. The minimum Gasteiger partial charge on any atom is -0.298 e. The summed E-state index contributed by atoms with van der Waals surface area (Å²) in [6.45, 7) is 10.6. The highest BCUT2D eigenvalue weighted by molar-refractivity contribution is 5.72. The first-order valence-corrected chi connectivity index (χ1v) is 8.13. The zero-order valence-corrected chi connectivity index (χ0v) is 14.0. The van der Waals surface area contributed by atoms with E-state index in [-0.39, 0.29) is 0 Å². The first-order valence-electron chi connectivity index (χ1n) is 8.13. The quantitative estimate of drug-likeness (QED) is 0.349. The molecular formula is C20H30O. The molecule has 1 rings (SSSR count). The maximum absolute atomic E-state index is 11.0. The van der Waals surface area contributed by atoms with Gasteiger partial charge in [0.05, 0.1) is 0 Å². The summed E-state index contributed by atoms with van der Waals surface area (Å²) in [5.74, 6) is 0.293. The number of rotatable bonds is 2. The van der Waals surface area contributed by atoms with E-state index in [1.165, 1.54) is 16.7 Å². The van der Waals surface area contributed by atoms with Gasteiger partial charge in [-0.15, -0.1) is 0 Å². The summed E-state index contributed by atoms with van der Waals surface area (Å²) in [5.41, 5.74) is 5.10. The van der Waals surface area contributed by atoms with Gasteiger partial charge in [-0.05, 0) is 77.2 Å². The zero-order valence-electron chi connectivity index (χ0n) is 14.0. The van der Waals surface area contributed by atoms with Crippen LogP contribution in [0.1, 0.15) is 65.7 Å². The summed E-state index contributed by atoms with van der Waals surface area (Å²) in [4.78, 5) is 11.0. The van der Waals surface area contributed by atoms with Crippen LogP contribution in [-0.4, -0.2) is 6.29 Å². The molecule has 1 aliphatic carbocycles. The summed E-state index contributed by atoms with van der Waals surface area (Å²) in [7, 11) is 0. The fraction of sp³-hybridized carbons (Fsp3) is 0.550. The first kappa shape index (κ1) is 17.7. The SMILES string of the molecule is C=C(C=O)C1CC=C(C)CCC=C(C)CC/C=C(\C)CC1. The maximum atomic E-state index is 11.0. The van der Waals surface area contributed by atoms with Crippen molar-refractivity contribution in [3.05, 3.63) is 47.1 Å². The highest BCUT2D eigenvalue weighted by Gasteiger charge is 2.11. The highest BCUT2D eigenvalue weighted by Crippen LogP contribution is 2.24. The topological polar surface area (TPSA) is 17.1 Å². The second-order valence-electron chi connectivity index (χ2n) is 6.39. The van der Waals surface area contributed by atoms with Crippen molar-refractivity contribution < 1.29 is 4.79 Å². The van der Waals surface area contributed by atoms with Crippen LogP contribution in [-0.2, 0) is 4.79 Å². The van der Waals surface area contributed by atoms with Crippen molar-refractivity contribution in [2.24, 2.45) is 5.92 Å². The normalized spacial score (nSPS) is 24.9. The van der Waals surface area contributed by atoms with Crippen molar-refractivity contribution >= 4 is 6.29 Å². The van der Waals surface area contributed by atoms with Crippen LogP contribution in [0.5, 0.6) is 0 Å². The Labute approximate surface area is 130 Å². The zero-order chi connectivity index (χ0) is 15.7. The van der Waals surface area contributed by atoms with Crippen LogP contribution < -0.4 is 0 Å². The fourth-order valence-corrected chi connectivity index (χ4v) is 2.69. The minimum absolute atomic E-state index is 0.293. The number of hydrogen-bond acceptors (Lipinski definition) is 1. The van der Waals surface area contributed by atoms with Crippen molar-refractivity contribution in [2.75, 3.05) is 0 Å². The van der Waals surface area contributed by atoms with E-state index in [1.807, 2.05) is 0 Å². The molecule has 0 N–H and O–H groups in total. The van der Waals surface area contributed by atoms with Crippen molar-refractivity contribution in [3.63, 3.8) is 0 Å². The van der Waals surface area contributed by atoms with Crippen LogP contribution in [0.2, 0.25) is 0 Å². The third-order valence-corrected chi connectivity index (χ3v) is 4.38. The Balaban J connectivity index is 2.82. The van der Waals surface area contributed by atoms with Gasteiger partial charge in [0, 0.05) is 0 Å². The molecule has 0 aliphatic heterocycles. The molecule has 1 unspecified atom stereocenters. The van der Waals surface area contributed by atoms with Crippen LogP contribution >= 0.6 is 0 Å². The molecule has 1 nitrogen and oxygen atoms in total. The number of allylic oxidation sites excluding steroid dienone is 7. The Morgan fingerprint density at radius 2 is 1.52 bits per heavy atom. The van der Waals surface area contributed by atoms with Crippen molar-refractivity contribution in [2.45, 2.75) is 65.7 Å². The average molecular weight is 286 g/mol. The van der Waals surface area contributed by atoms with E-state index in [2.05, 4.69) is 45.6 Å². The Kier molecular flexibility index (Phi) is 8.04. The second-order valence-corrected chi connectivity index (χ2v) is 6.39. The maximum Gasteiger partial charge on any atom is 0.145 e. The Hall–Kier alpha value is -1.37. The molecule has 0 fully saturated rings. The molecule has 0 radical (unpaired) electrons. The molecule has 116 valence electrons. The van der Waals surface area contributed by atoms with E-state index in [0.29, 0.717) is 5.92 Å². The molecule has 1 atom stereocenters. The van der Waals surface area contributed by atoms with Gasteiger partial charge in [0.2, 0.25) is 0 Å². The van der Waals surface area contributed by atoms with Crippen molar-refractivity contribution in [1.82, 2.24) is 0 Å². The van der Waals surface area contributed by atoms with Gasteiger partial charge in [-0.1, -0.05) is 41.5 Å². The van der Waals surface area contributed by atoms with Gasteiger partial charge >= 0.3 is 0 Å². The van der Waals surface area contributed by atoms with Gasteiger partial charge in [-0.3, -0.25) is 4.79 Å². The van der Waals surface area contributed by atoms with Crippen LogP contribution in [0.25, 0.3) is 0 Å². The third-order valence-electron chi connectivity index (χ3n) is 4.38. The molecule has 0 spiro atoms. The Morgan fingerprint density at radius 3 is 2.10 bits per heavy atom. The monoisotopic (exact) mass is 286 g/mol. The van der Waals surface area contributed by atoms with Crippen LogP contribution in [0, 0.1) is 5.92 Å². The van der Waals surface area contributed by atoms with E-state index in [0.717, 1.165) is 56.8 Å². The van der Waals surface area contributed by atoms with Gasteiger partial charge in [-0.25, -0.2) is 0 Å². The van der Waals surface area contributed by atoms with Crippen LogP contribution in [0.15, 0.2) is 47.1 Å². The van der Waals surface area contributed by atoms with Gasteiger partial charge in [-0.2, -0.15) is 0 Å². The smallest absolute Gasteiger partial charge is 0.145 e. The molecule has 0 saturated carbocycles. The lowest BCUT2D eigenvalue weighted by Crippen LogP contribution is -2.04. The molecule has 0 bridgehead atoms. The second kappa shape index (κ2) is 9.55. The van der Waals surface area contributed by atoms with Gasteiger partial charge < -0.3 is 0 Å². The molecule has 0 aromatic heterocycles. The van der Waals surface area contributed by atoms with Gasteiger partial charge in [0.15, 0.2) is 0 Å². The van der Waals surface area contributed by atoms with E-state index in [9.17, 15) is 4.79 Å². The van der Waals surface area contributed by atoms with Crippen LogP contribution in [0.3, 0.4) is 0 Å². The minimum atomic E-state index is 0.293. The standard InChI is InChI=1S/C20H30O/c1-16-7-5-9-17(2)11-13-20(19(4)15-21)14-12-18(3)10-6-8-16/h7,10-11,15,20H,4-6,8-9,12-14H2,1-3H3/b16-7?,17-11?,18-10+. The Morgan fingerprint density at radius 1 is 1.00 bits per heavy atom. The molecule has 0 aromatic rings. The Bertz CT molecular complexity index is 448. The summed E-state index contributed by atoms with van der Waals surface area (Å²) in [5, 5.41) is 0. The predicted molar refractivity (Wildman–Crippen MR) is 92.3 cm³/mol. The predicted octanol–water partition coefficient (Wildman–Crippen LogP) is 5.94. The van der Waals surface area contributed by atoms with E-state index >= 15 is 0 Å². The summed E-state index contributed by atoms with van der Waals surface area (Å²) >= 11 is 0. The molecular weight excluding hydrogens is 256 g/mol. The molecule has 21 heavy (non-hydrogen) atoms. The average Bonchev–Trinajstić information content (AvgIpc) is 2.45. The van der Waals surface area contributed by atoms with Gasteiger partial charge in [0.25, 0.3) is 0 Å². The highest BCUT2D eigenvalue weighted by atomic mass is 16.1. The molecule has 0 aromatic carbocycles. The molecule has 1 aliphatic rings. The van der Waals surface area contributed by atoms with E-state index in [4.69, 9.17) is 0 Å².